The predicted octanol–water partition coefficient (Wildman–Crippen LogP) is 9.60. The Balaban J connectivity index is 1.44. The minimum atomic E-state index is -1.34. The second-order valence-electron chi connectivity index (χ2n) is 18.9. The molecular weight excluding hydrogens is 735 g/mol. The lowest BCUT2D eigenvalue weighted by atomic mass is 9.85. The summed E-state index contributed by atoms with van der Waals surface area (Å²) in [4.78, 5) is 27.8. The van der Waals surface area contributed by atoms with Crippen molar-refractivity contribution >= 4 is 33.7 Å². The van der Waals surface area contributed by atoms with E-state index in [9.17, 15) is 10.1 Å². The lowest BCUT2D eigenvalue weighted by Crippen LogP contribution is -2.48. The molecule has 1 unspecified atom stereocenters. The van der Waals surface area contributed by atoms with Crippen molar-refractivity contribution in [3.05, 3.63) is 66.1 Å². The van der Waals surface area contributed by atoms with E-state index in [0.29, 0.717) is 32.3 Å². The average molecular weight is 796 g/mol. The number of amides is 1. The number of nitrogens with zero attached hydrogens (tertiary/aromatic N) is 7. The molecule has 0 aliphatic carbocycles. The Morgan fingerprint density at radius 1 is 0.893 bits per heavy atom. The number of nitriles is 1. The zero-order valence-electron chi connectivity index (χ0n) is 35.0. The molecule has 2 aliphatic rings. The molecule has 5 heterocycles. The van der Waals surface area contributed by atoms with Gasteiger partial charge in [-0.1, -0.05) is 75.7 Å². The lowest BCUT2D eigenvalue weighted by molar-refractivity contribution is 0.00566. The summed E-state index contributed by atoms with van der Waals surface area (Å²) in [7, 11) is -2.68. The summed E-state index contributed by atoms with van der Waals surface area (Å²) in [5, 5.41) is 15.4. The van der Waals surface area contributed by atoms with Gasteiger partial charge in [0.25, 0.3) is 0 Å². The second kappa shape index (κ2) is 17.2. The molecule has 13 heteroatoms. The summed E-state index contributed by atoms with van der Waals surface area (Å²) in [6.07, 6.45) is 6.98. The summed E-state index contributed by atoms with van der Waals surface area (Å²) in [6.45, 7) is 21.7. The maximum Gasteiger partial charge on any atom is 0.410 e. The molecular formula is C43H61N7O4Si2. The number of fused-ring (bicyclic) bond motifs is 3. The molecule has 300 valence electrons. The summed E-state index contributed by atoms with van der Waals surface area (Å²) < 4.78 is 20.6. The topological polar surface area (TPSA) is 118 Å². The molecule has 2 saturated heterocycles. The number of carbonyl (C=O) groups is 1. The summed E-state index contributed by atoms with van der Waals surface area (Å²) in [5.74, 6) is 0.802. The van der Waals surface area contributed by atoms with Crippen LogP contribution in [0.15, 0.2) is 54.9 Å². The van der Waals surface area contributed by atoms with Crippen LogP contribution in [0.4, 0.5) is 10.6 Å². The van der Waals surface area contributed by atoms with Crippen molar-refractivity contribution in [2.75, 3.05) is 31.6 Å². The molecule has 0 spiro atoms. The highest BCUT2D eigenvalue weighted by Crippen LogP contribution is 2.46. The van der Waals surface area contributed by atoms with Crippen LogP contribution in [-0.4, -0.2) is 91.1 Å². The largest absolute Gasteiger partial charge is 0.444 e. The lowest BCUT2D eigenvalue weighted by Gasteiger charge is -2.40. The molecule has 11 nitrogen and oxygen atoms in total. The number of benzene rings is 1. The van der Waals surface area contributed by atoms with Crippen molar-refractivity contribution in [2.45, 2.75) is 128 Å². The molecule has 3 aromatic heterocycles. The number of rotatable bonds is 15. The van der Waals surface area contributed by atoms with Gasteiger partial charge in [-0.15, -0.1) is 0 Å². The van der Waals surface area contributed by atoms with Crippen molar-refractivity contribution in [1.29, 1.82) is 5.26 Å². The van der Waals surface area contributed by atoms with Gasteiger partial charge in [0.15, 0.2) is 5.65 Å². The quantitative estimate of drug-likeness (QED) is 0.0659. The second-order valence-corrected chi connectivity index (χ2v) is 30.1. The number of hydrogen-bond donors (Lipinski definition) is 0. The van der Waals surface area contributed by atoms with E-state index in [4.69, 9.17) is 29.3 Å². The monoisotopic (exact) mass is 795 g/mol. The van der Waals surface area contributed by atoms with Crippen LogP contribution in [-0.2, 0) is 20.6 Å². The molecule has 0 saturated carbocycles. The van der Waals surface area contributed by atoms with Gasteiger partial charge in [0, 0.05) is 75.8 Å². The Kier molecular flexibility index (Phi) is 12.7. The van der Waals surface area contributed by atoms with E-state index in [1.807, 2.05) is 66.8 Å². The van der Waals surface area contributed by atoms with Gasteiger partial charge in [-0.3, -0.25) is 4.98 Å². The highest BCUT2D eigenvalue weighted by atomic mass is 28.3. The average Bonchev–Trinajstić information content (AvgIpc) is 3.67. The SMILES string of the molecule is CC(C)(C)OC(=O)N1[C@@H]2CC[C@H]1CC(c1nc3c(-c4ccc(-c5ccccc5)nc4)cnn3c(N(COCC[Si](C)(C)C)COCC[Si](C)(C)C)c1CC#N)C2. The molecule has 4 aromatic rings. The fourth-order valence-corrected chi connectivity index (χ4v) is 9.27. The zero-order chi connectivity index (χ0) is 40.3. The number of carbonyl (C=O) groups excluding carboxylic acids is 1. The zero-order valence-corrected chi connectivity index (χ0v) is 37.0. The minimum Gasteiger partial charge on any atom is -0.444 e. The van der Waals surface area contributed by atoms with Gasteiger partial charge in [0.05, 0.1) is 30.1 Å². The van der Waals surface area contributed by atoms with E-state index >= 15 is 0 Å². The number of hydrogen-bond acceptors (Lipinski definition) is 9. The van der Waals surface area contributed by atoms with E-state index in [2.05, 4.69) is 68.5 Å². The van der Waals surface area contributed by atoms with Crippen molar-refractivity contribution < 1.29 is 19.0 Å². The molecule has 2 fully saturated rings. The third-order valence-corrected chi connectivity index (χ3v) is 14.1. The third-order valence-electron chi connectivity index (χ3n) is 10.7. The maximum absolute atomic E-state index is 13.5. The van der Waals surface area contributed by atoms with Crippen LogP contribution in [0.3, 0.4) is 0 Å². The van der Waals surface area contributed by atoms with Gasteiger partial charge < -0.3 is 24.0 Å². The van der Waals surface area contributed by atoms with E-state index in [1.54, 1.807) is 0 Å². The third kappa shape index (κ3) is 10.3. The van der Waals surface area contributed by atoms with Crippen molar-refractivity contribution in [2.24, 2.45) is 0 Å². The van der Waals surface area contributed by atoms with Crippen molar-refractivity contribution in [1.82, 2.24) is 24.5 Å². The highest BCUT2D eigenvalue weighted by Gasteiger charge is 2.46. The maximum atomic E-state index is 13.5. The van der Waals surface area contributed by atoms with Gasteiger partial charge in [-0.2, -0.15) is 14.9 Å². The fraction of sp³-hybridized carbons (Fsp3) is 0.558. The van der Waals surface area contributed by atoms with Crippen LogP contribution in [0.25, 0.3) is 28.0 Å². The predicted molar refractivity (Wildman–Crippen MR) is 228 cm³/mol. The minimum absolute atomic E-state index is 0.0297. The molecule has 56 heavy (non-hydrogen) atoms. The Labute approximate surface area is 335 Å². The van der Waals surface area contributed by atoms with Gasteiger partial charge in [-0.25, -0.2) is 9.78 Å². The highest BCUT2D eigenvalue weighted by molar-refractivity contribution is 6.76. The molecule has 1 aromatic carbocycles. The number of piperidine rings is 1. The first-order valence-corrected chi connectivity index (χ1v) is 27.6. The number of ether oxygens (including phenoxy) is 3. The Morgan fingerprint density at radius 2 is 1.52 bits per heavy atom. The molecule has 3 atom stereocenters. The first-order valence-electron chi connectivity index (χ1n) is 20.2. The van der Waals surface area contributed by atoms with Crippen LogP contribution in [0, 0.1) is 11.3 Å². The van der Waals surface area contributed by atoms with E-state index in [0.717, 1.165) is 77.2 Å². The number of anilines is 1. The first kappa shape index (κ1) is 41.5. The standard InChI is InChI=1S/C43H61N7O4Si2/c1-43(2,3)54-42(51)49-34-16-17-35(49)26-33(25-34)39-36(19-20-44)41(48(29-52-21-23-55(4,5)6)30-53-22-24-56(7,8)9)50-40(47-39)37(28-46-50)32-15-18-38(45-27-32)31-13-11-10-12-14-31/h10-15,18,27-28,33-35H,16-17,19,21-26,29-30H2,1-9H3/t33?,34-,35+. The molecule has 2 bridgehead atoms. The molecule has 0 radical (unpaired) electrons. The fourth-order valence-electron chi connectivity index (χ4n) is 7.75. The first-order chi connectivity index (χ1) is 26.5. The van der Waals surface area contributed by atoms with Crippen LogP contribution in [0.1, 0.15) is 63.6 Å². The Bertz CT molecular complexity index is 1960. The van der Waals surface area contributed by atoms with Crippen LogP contribution in [0.2, 0.25) is 51.4 Å². The Morgan fingerprint density at radius 3 is 2.05 bits per heavy atom. The van der Waals surface area contributed by atoms with E-state index in [-0.39, 0.29) is 30.5 Å². The summed E-state index contributed by atoms with van der Waals surface area (Å²) in [5.41, 5.74) is 5.55. The van der Waals surface area contributed by atoms with Gasteiger partial charge >= 0.3 is 6.09 Å². The van der Waals surface area contributed by atoms with Crippen molar-refractivity contribution in [3.8, 4) is 28.5 Å². The van der Waals surface area contributed by atoms with Gasteiger partial charge in [0.1, 0.15) is 24.9 Å². The summed E-state index contributed by atoms with van der Waals surface area (Å²) >= 11 is 0. The molecule has 0 N–H and O–H groups in total. The summed E-state index contributed by atoms with van der Waals surface area (Å²) in [6, 6.07) is 18.9. The van der Waals surface area contributed by atoms with Gasteiger partial charge in [-0.05, 0) is 64.6 Å². The van der Waals surface area contributed by atoms with E-state index in [1.165, 1.54) is 0 Å². The number of aromatic nitrogens is 4. The van der Waals surface area contributed by atoms with Gasteiger partial charge in [0.2, 0.25) is 0 Å². The number of pyridine rings is 1. The molecule has 1 amide bonds. The molecule has 6 rings (SSSR count). The van der Waals surface area contributed by atoms with Crippen molar-refractivity contribution in [3.63, 3.8) is 0 Å². The van der Waals surface area contributed by atoms with Crippen LogP contribution >= 0.6 is 0 Å². The van der Waals surface area contributed by atoms with E-state index < -0.39 is 21.7 Å². The normalized spacial score (nSPS) is 18.6. The smallest absolute Gasteiger partial charge is 0.410 e. The van der Waals surface area contributed by atoms with Crippen LogP contribution < -0.4 is 4.90 Å². The Hall–Kier alpha value is -4.10. The van der Waals surface area contributed by atoms with Crippen LogP contribution in [0.5, 0.6) is 0 Å². The molecule has 2 aliphatic heterocycles.